The Morgan fingerprint density at radius 2 is 2.23 bits per heavy atom. The number of halogens is 1. The minimum Gasteiger partial charge on any atom is -0.393 e. The summed E-state index contributed by atoms with van der Waals surface area (Å²) >= 11 is 1.41. The number of rotatable bonds is 3. The first kappa shape index (κ1) is 10.5. The zero-order chi connectivity index (χ0) is 9.84. The molecular formula is C9H11FO2S. The lowest BCUT2D eigenvalue weighted by Crippen LogP contribution is -2.04. The van der Waals surface area contributed by atoms with Crippen LogP contribution in [0.1, 0.15) is 11.7 Å². The van der Waals surface area contributed by atoms with Gasteiger partial charge in [0.25, 0.3) is 0 Å². The zero-order valence-corrected chi connectivity index (χ0v) is 8.01. The van der Waals surface area contributed by atoms with Crippen LogP contribution in [-0.4, -0.2) is 23.1 Å². The number of aliphatic hydroxyl groups is 2. The van der Waals surface area contributed by atoms with Crippen molar-refractivity contribution in [1.82, 2.24) is 0 Å². The third-order valence-electron chi connectivity index (χ3n) is 1.72. The smallest absolute Gasteiger partial charge is 0.123 e. The highest BCUT2D eigenvalue weighted by atomic mass is 32.2. The molecule has 1 aromatic carbocycles. The largest absolute Gasteiger partial charge is 0.393 e. The van der Waals surface area contributed by atoms with E-state index in [2.05, 4.69) is 0 Å². The molecule has 2 nitrogen and oxygen atoms in total. The fourth-order valence-electron chi connectivity index (χ4n) is 1.06. The lowest BCUT2D eigenvalue weighted by molar-refractivity contribution is 0.0933. The van der Waals surface area contributed by atoms with Gasteiger partial charge in [0.05, 0.1) is 6.61 Å². The average molecular weight is 202 g/mol. The van der Waals surface area contributed by atoms with Gasteiger partial charge in [-0.05, 0) is 30.0 Å². The molecule has 1 aromatic rings. The normalized spacial score (nSPS) is 12.9. The third kappa shape index (κ3) is 2.43. The molecule has 1 rings (SSSR count). The van der Waals surface area contributed by atoms with E-state index in [9.17, 15) is 9.50 Å². The Bertz CT molecular complexity index is 291. The summed E-state index contributed by atoms with van der Waals surface area (Å²) < 4.78 is 12.8. The van der Waals surface area contributed by atoms with E-state index in [0.717, 1.165) is 4.90 Å². The summed E-state index contributed by atoms with van der Waals surface area (Å²) in [4.78, 5) is 0.781. The van der Waals surface area contributed by atoms with Gasteiger partial charge in [-0.2, -0.15) is 0 Å². The Morgan fingerprint density at radius 1 is 1.54 bits per heavy atom. The summed E-state index contributed by atoms with van der Waals surface area (Å²) in [6.07, 6.45) is 0.832. The summed E-state index contributed by atoms with van der Waals surface area (Å²) in [7, 11) is 0. The van der Waals surface area contributed by atoms with Crippen molar-refractivity contribution in [2.75, 3.05) is 12.9 Å². The molecule has 0 heterocycles. The van der Waals surface area contributed by atoms with Gasteiger partial charge in [-0.1, -0.05) is 0 Å². The van der Waals surface area contributed by atoms with Crippen molar-refractivity contribution in [1.29, 1.82) is 0 Å². The molecule has 4 heteroatoms. The maximum Gasteiger partial charge on any atom is 0.123 e. The first-order valence-corrected chi connectivity index (χ1v) is 5.04. The van der Waals surface area contributed by atoms with Crippen LogP contribution in [0.2, 0.25) is 0 Å². The van der Waals surface area contributed by atoms with Crippen LogP contribution in [0.5, 0.6) is 0 Å². The van der Waals surface area contributed by atoms with E-state index < -0.39 is 18.5 Å². The summed E-state index contributed by atoms with van der Waals surface area (Å²) in [5.41, 5.74) is 0.440. The van der Waals surface area contributed by atoms with E-state index in [4.69, 9.17) is 5.11 Å². The van der Waals surface area contributed by atoms with E-state index in [1.54, 1.807) is 6.07 Å². The molecule has 0 aliphatic rings. The van der Waals surface area contributed by atoms with E-state index in [-0.39, 0.29) is 0 Å². The maximum atomic E-state index is 12.8. The molecule has 0 bridgehead atoms. The van der Waals surface area contributed by atoms with Crippen molar-refractivity contribution < 1.29 is 14.6 Å². The van der Waals surface area contributed by atoms with Gasteiger partial charge in [0.1, 0.15) is 11.9 Å². The highest BCUT2D eigenvalue weighted by molar-refractivity contribution is 7.98. The van der Waals surface area contributed by atoms with Gasteiger partial charge in [0.2, 0.25) is 0 Å². The first-order chi connectivity index (χ1) is 6.19. The lowest BCUT2D eigenvalue weighted by atomic mass is 10.1. The molecule has 0 amide bonds. The molecule has 0 radical (unpaired) electrons. The predicted octanol–water partition coefficient (Wildman–Crippen LogP) is 1.57. The summed E-state index contributed by atoms with van der Waals surface area (Å²) in [5, 5.41) is 18.1. The fraction of sp³-hybridized carbons (Fsp3) is 0.333. The van der Waals surface area contributed by atoms with Crippen molar-refractivity contribution >= 4 is 11.8 Å². The minimum atomic E-state index is -1.00. The van der Waals surface area contributed by atoms with Crippen LogP contribution in [0, 0.1) is 5.82 Å². The SMILES string of the molecule is CSc1ccc(F)cc1C(O)CO. The topological polar surface area (TPSA) is 40.5 Å². The van der Waals surface area contributed by atoms with Gasteiger partial charge in [0.15, 0.2) is 0 Å². The summed E-state index contributed by atoms with van der Waals surface area (Å²) in [6.45, 7) is -0.392. The fourth-order valence-corrected chi connectivity index (χ4v) is 1.70. The Balaban J connectivity index is 3.07. The number of aliphatic hydroxyl groups excluding tert-OH is 2. The van der Waals surface area contributed by atoms with Crippen LogP contribution in [0.3, 0.4) is 0 Å². The third-order valence-corrected chi connectivity index (χ3v) is 2.54. The second-order valence-electron chi connectivity index (χ2n) is 2.58. The highest BCUT2D eigenvalue weighted by Gasteiger charge is 2.11. The van der Waals surface area contributed by atoms with E-state index >= 15 is 0 Å². The zero-order valence-electron chi connectivity index (χ0n) is 7.20. The van der Waals surface area contributed by atoms with Crippen LogP contribution >= 0.6 is 11.8 Å². The lowest BCUT2D eigenvalue weighted by Gasteiger charge is -2.11. The molecule has 0 aliphatic heterocycles. The van der Waals surface area contributed by atoms with Crippen molar-refractivity contribution in [2.45, 2.75) is 11.0 Å². The van der Waals surface area contributed by atoms with E-state index in [1.165, 1.54) is 23.9 Å². The molecule has 0 aliphatic carbocycles. The quantitative estimate of drug-likeness (QED) is 0.731. The number of hydrogen-bond acceptors (Lipinski definition) is 3. The Labute approximate surface area is 80.4 Å². The van der Waals surface area contributed by atoms with E-state index in [0.29, 0.717) is 5.56 Å². The van der Waals surface area contributed by atoms with Crippen molar-refractivity contribution in [3.05, 3.63) is 29.6 Å². The predicted molar refractivity (Wildman–Crippen MR) is 50.2 cm³/mol. The maximum absolute atomic E-state index is 12.8. The van der Waals surface area contributed by atoms with Crippen LogP contribution in [0.4, 0.5) is 4.39 Å². The van der Waals surface area contributed by atoms with Gasteiger partial charge in [-0.3, -0.25) is 0 Å². The summed E-state index contributed by atoms with van der Waals surface area (Å²) in [5.74, 6) is -0.403. The Kier molecular flexibility index (Phi) is 3.71. The van der Waals surface area contributed by atoms with Gasteiger partial charge in [-0.25, -0.2) is 4.39 Å². The molecule has 2 N–H and O–H groups in total. The van der Waals surface area contributed by atoms with Crippen LogP contribution in [-0.2, 0) is 0 Å². The summed E-state index contributed by atoms with van der Waals surface area (Å²) in [6, 6.07) is 4.17. The molecule has 0 saturated carbocycles. The van der Waals surface area contributed by atoms with E-state index in [1.807, 2.05) is 6.26 Å². The molecule has 0 spiro atoms. The van der Waals surface area contributed by atoms with Crippen LogP contribution in [0.15, 0.2) is 23.1 Å². The van der Waals surface area contributed by atoms with Gasteiger partial charge >= 0.3 is 0 Å². The molecular weight excluding hydrogens is 191 g/mol. The van der Waals surface area contributed by atoms with Gasteiger partial charge < -0.3 is 10.2 Å². The standard InChI is InChI=1S/C9H11FO2S/c1-13-9-3-2-6(10)4-7(9)8(12)5-11/h2-4,8,11-12H,5H2,1H3. The Morgan fingerprint density at radius 3 is 2.77 bits per heavy atom. The number of benzene rings is 1. The van der Waals surface area contributed by atoms with Crippen molar-refractivity contribution in [3.8, 4) is 0 Å². The molecule has 0 fully saturated rings. The Hall–Kier alpha value is -0.580. The average Bonchev–Trinajstić information content (AvgIpc) is 2.16. The second-order valence-corrected chi connectivity index (χ2v) is 3.43. The number of thioether (sulfide) groups is 1. The minimum absolute atomic E-state index is 0.392. The van der Waals surface area contributed by atoms with Crippen LogP contribution < -0.4 is 0 Å². The first-order valence-electron chi connectivity index (χ1n) is 3.81. The molecule has 0 saturated heterocycles. The molecule has 13 heavy (non-hydrogen) atoms. The van der Waals surface area contributed by atoms with Gasteiger partial charge in [-0.15, -0.1) is 11.8 Å². The highest BCUT2D eigenvalue weighted by Crippen LogP contribution is 2.26. The van der Waals surface area contributed by atoms with Gasteiger partial charge in [0, 0.05) is 4.90 Å². The molecule has 0 aromatic heterocycles. The number of hydrogen-bond donors (Lipinski definition) is 2. The van der Waals surface area contributed by atoms with Crippen molar-refractivity contribution in [3.63, 3.8) is 0 Å². The monoisotopic (exact) mass is 202 g/mol. The van der Waals surface area contributed by atoms with Crippen molar-refractivity contribution in [2.24, 2.45) is 0 Å². The second kappa shape index (κ2) is 4.60. The van der Waals surface area contributed by atoms with Crippen LogP contribution in [0.25, 0.3) is 0 Å². The molecule has 1 atom stereocenters. The molecule has 72 valence electrons. The molecule has 1 unspecified atom stereocenters.